The number of hydrogen-bond donors (Lipinski definition) is 1. The molecule has 0 spiro atoms. The lowest BCUT2D eigenvalue weighted by molar-refractivity contribution is -0.137. The second-order valence-electron chi connectivity index (χ2n) is 7.94. The molecule has 4 amide bonds. The van der Waals surface area contributed by atoms with Crippen LogP contribution in [-0.2, 0) is 15.1 Å². The molecule has 1 aliphatic heterocycles. The summed E-state index contributed by atoms with van der Waals surface area (Å²) in [6.45, 7) is 2.32. The molecule has 2 aromatic carbocycles. The van der Waals surface area contributed by atoms with E-state index in [1.807, 2.05) is 67.6 Å². The number of imide groups is 1. The second kappa shape index (κ2) is 8.76. The number of rotatable bonds is 7. The predicted molar refractivity (Wildman–Crippen MR) is 118 cm³/mol. The van der Waals surface area contributed by atoms with Gasteiger partial charge in [-0.15, -0.1) is 0 Å². The van der Waals surface area contributed by atoms with Gasteiger partial charge in [-0.1, -0.05) is 73.7 Å². The van der Waals surface area contributed by atoms with Crippen LogP contribution in [0.2, 0.25) is 0 Å². The minimum atomic E-state index is -1.35. The molecule has 6 nitrogen and oxygen atoms in total. The van der Waals surface area contributed by atoms with Crippen molar-refractivity contribution in [3.05, 3.63) is 83.6 Å². The van der Waals surface area contributed by atoms with Crippen molar-refractivity contribution in [3.8, 4) is 0 Å². The van der Waals surface area contributed by atoms with Crippen molar-refractivity contribution >= 4 is 17.8 Å². The Hall–Kier alpha value is -3.41. The molecule has 160 valence electrons. The van der Waals surface area contributed by atoms with E-state index in [0.29, 0.717) is 17.7 Å². The molecule has 1 aliphatic carbocycles. The summed E-state index contributed by atoms with van der Waals surface area (Å²) in [5.74, 6) is -0.657. The van der Waals surface area contributed by atoms with Gasteiger partial charge >= 0.3 is 6.03 Å². The molecule has 0 unspecified atom stereocenters. The van der Waals surface area contributed by atoms with Gasteiger partial charge in [-0.25, -0.2) is 4.79 Å². The molecule has 2 aromatic rings. The maximum Gasteiger partial charge on any atom is 0.326 e. The molecular weight excluding hydrogens is 390 g/mol. The largest absolute Gasteiger partial charge is 0.326 e. The van der Waals surface area contributed by atoms with Crippen LogP contribution in [0, 0.1) is 0 Å². The van der Waals surface area contributed by atoms with Crippen LogP contribution in [0.15, 0.2) is 72.4 Å². The number of urea groups is 1. The van der Waals surface area contributed by atoms with E-state index < -0.39 is 17.5 Å². The van der Waals surface area contributed by atoms with Gasteiger partial charge in [0.25, 0.3) is 5.91 Å². The Morgan fingerprint density at radius 1 is 1.03 bits per heavy atom. The molecule has 0 saturated carbocycles. The Labute approximate surface area is 182 Å². The summed E-state index contributed by atoms with van der Waals surface area (Å²) < 4.78 is 0. The number of allylic oxidation sites excluding steroid dienone is 2. The standard InChI is InChI=1S/C25H27N3O3/c1-2-17-27(21-15-9-10-16-21)22(29)18-28-23(30)25(26-24(28)31,19-11-5-3-6-12-19)20-13-7-4-8-14-20/h3-8,11-15H,2,9-10,16-18H2,1H3,(H,26,31). The van der Waals surface area contributed by atoms with Gasteiger partial charge in [0.1, 0.15) is 6.54 Å². The van der Waals surface area contributed by atoms with Gasteiger partial charge in [0.05, 0.1) is 0 Å². The number of nitrogens with one attached hydrogen (secondary N) is 1. The quantitative estimate of drug-likeness (QED) is 0.697. The first-order chi connectivity index (χ1) is 15.1. The van der Waals surface area contributed by atoms with Crippen LogP contribution in [0.25, 0.3) is 0 Å². The zero-order valence-corrected chi connectivity index (χ0v) is 17.7. The first-order valence-corrected chi connectivity index (χ1v) is 10.8. The number of carbonyl (C=O) groups is 3. The number of amides is 4. The van der Waals surface area contributed by atoms with Crippen LogP contribution in [0.3, 0.4) is 0 Å². The fourth-order valence-electron chi connectivity index (χ4n) is 4.43. The third-order valence-electron chi connectivity index (χ3n) is 5.92. The molecule has 2 aliphatic rings. The van der Waals surface area contributed by atoms with E-state index in [9.17, 15) is 14.4 Å². The summed E-state index contributed by atoms with van der Waals surface area (Å²) in [6.07, 6.45) is 5.72. The molecule has 0 radical (unpaired) electrons. The Morgan fingerprint density at radius 3 is 2.16 bits per heavy atom. The summed E-state index contributed by atoms with van der Waals surface area (Å²) in [7, 11) is 0. The maximum atomic E-state index is 13.7. The first-order valence-electron chi connectivity index (χ1n) is 10.8. The molecule has 0 atom stereocenters. The van der Waals surface area contributed by atoms with Crippen LogP contribution in [-0.4, -0.2) is 40.7 Å². The van der Waals surface area contributed by atoms with Gasteiger partial charge in [0.15, 0.2) is 5.54 Å². The van der Waals surface area contributed by atoms with Crippen molar-refractivity contribution in [3.63, 3.8) is 0 Å². The van der Waals surface area contributed by atoms with E-state index in [2.05, 4.69) is 11.4 Å². The van der Waals surface area contributed by atoms with E-state index >= 15 is 0 Å². The molecule has 0 bridgehead atoms. The van der Waals surface area contributed by atoms with E-state index in [4.69, 9.17) is 0 Å². The average Bonchev–Trinajstić information content (AvgIpc) is 3.42. The zero-order valence-electron chi connectivity index (χ0n) is 17.7. The molecule has 1 saturated heterocycles. The van der Waals surface area contributed by atoms with E-state index in [0.717, 1.165) is 36.3 Å². The molecule has 0 aromatic heterocycles. The van der Waals surface area contributed by atoms with Crippen molar-refractivity contribution in [1.29, 1.82) is 0 Å². The number of carbonyl (C=O) groups excluding carboxylic acids is 3. The number of hydrogen-bond acceptors (Lipinski definition) is 3. The lowest BCUT2D eigenvalue weighted by atomic mass is 9.82. The Balaban J connectivity index is 1.67. The van der Waals surface area contributed by atoms with Crippen molar-refractivity contribution < 1.29 is 14.4 Å². The number of nitrogens with zero attached hydrogens (tertiary/aromatic N) is 2. The summed E-state index contributed by atoms with van der Waals surface area (Å²) >= 11 is 0. The first kappa shape index (κ1) is 20.8. The molecule has 6 heteroatoms. The zero-order chi connectivity index (χ0) is 21.8. The topological polar surface area (TPSA) is 69.7 Å². The third-order valence-corrected chi connectivity index (χ3v) is 5.92. The Morgan fingerprint density at radius 2 is 1.65 bits per heavy atom. The van der Waals surface area contributed by atoms with Gasteiger partial charge in [-0.3, -0.25) is 14.5 Å². The minimum Gasteiger partial charge on any atom is -0.315 e. The summed E-state index contributed by atoms with van der Waals surface area (Å²) in [4.78, 5) is 42.7. The highest BCUT2D eigenvalue weighted by molar-refractivity contribution is 6.11. The van der Waals surface area contributed by atoms with Crippen LogP contribution in [0.1, 0.15) is 43.7 Å². The summed E-state index contributed by atoms with van der Waals surface area (Å²) in [5, 5.41) is 2.90. The summed E-state index contributed by atoms with van der Waals surface area (Å²) in [5.41, 5.74) is 0.982. The van der Waals surface area contributed by atoms with Crippen LogP contribution in [0.4, 0.5) is 4.79 Å². The van der Waals surface area contributed by atoms with Crippen molar-refractivity contribution in [2.45, 2.75) is 38.1 Å². The highest BCUT2D eigenvalue weighted by Crippen LogP contribution is 2.36. The van der Waals surface area contributed by atoms with Crippen molar-refractivity contribution in [2.24, 2.45) is 0 Å². The van der Waals surface area contributed by atoms with Gasteiger partial charge in [0.2, 0.25) is 5.91 Å². The fourth-order valence-corrected chi connectivity index (χ4v) is 4.43. The second-order valence-corrected chi connectivity index (χ2v) is 7.94. The monoisotopic (exact) mass is 417 g/mol. The molecule has 1 fully saturated rings. The molecular formula is C25H27N3O3. The van der Waals surface area contributed by atoms with E-state index in [-0.39, 0.29) is 12.5 Å². The summed E-state index contributed by atoms with van der Waals surface area (Å²) in [6, 6.07) is 17.8. The Kier molecular flexibility index (Phi) is 5.89. The van der Waals surface area contributed by atoms with Gasteiger partial charge < -0.3 is 10.2 Å². The normalized spacial score (nSPS) is 17.5. The third kappa shape index (κ3) is 3.74. The minimum absolute atomic E-state index is 0.226. The highest BCUT2D eigenvalue weighted by atomic mass is 16.2. The van der Waals surface area contributed by atoms with Crippen LogP contribution in [0.5, 0.6) is 0 Å². The van der Waals surface area contributed by atoms with Crippen molar-refractivity contribution in [2.75, 3.05) is 13.1 Å². The molecule has 1 heterocycles. The number of benzene rings is 2. The van der Waals surface area contributed by atoms with Crippen molar-refractivity contribution in [1.82, 2.24) is 15.1 Å². The van der Waals surface area contributed by atoms with Gasteiger partial charge in [-0.2, -0.15) is 0 Å². The SMILES string of the molecule is CCCN(C(=O)CN1C(=O)NC(c2ccccc2)(c2ccccc2)C1=O)C1=CCCC1. The van der Waals surface area contributed by atoms with Gasteiger partial charge in [-0.05, 0) is 36.8 Å². The van der Waals surface area contributed by atoms with E-state index in [1.165, 1.54) is 0 Å². The molecule has 1 N–H and O–H groups in total. The molecule has 31 heavy (non-hydrogen) atoms. The van der Waals surface area contributed by atoms with Crippen LogP contribution >= 0.6 is 0 Å². The predicted octanol–water partition coefficient (Wildman–Crippen LogP) is 3.79. The lowest BCUT2D eigenvalue weighted by Crippen LogP contribution is -2.46. The highest BCUT2D eigenvalue weighted by Gasteiger charge is 2.54. The maximum absolute atomic E-state index is 13.7. The fraction of sp³-hybridized carbons (Fsp3) is 0.320. The average molecular weight is 418 g/mol. The lowest BCUT2D eigenvalue weighted by Gasteiger charge is -2.28. The van der Waals surface area contributed by atoms with E-state index in [1.54, 1.807) is 4.90 Å². The Bertz CT molecular complexity index is 962. The smallest absolute Gasteiger partial charge is 0.315 e. The molecule has 4 rings (SSSR count). The van der Waals surface area contributed by atoms with Crippen LogP contribution < -0.4 is 5.32 Å². The van der Waals surface area contributed by atoms with Gasteiger partial charge in [0, 0.05) is 12.2 Å².